The Balaban J connectivity index is 1.80. The number of nitrogens with zero attached hydrogens (tertiary/aromatic N) is 2. The minimum atomic E-state index is -0.317. The Labute approximate surface area is 138 Å². The Morgan fingerprint density at radius 2 is 2.09 bits per heavy atom. The van der Waals surface area contributed by atoms with Crippen molar-refractivity contribution < 1.29 is 14.3 Å². The van der Waals surface area contributed by atoms with E-state index in [0.29, 0.717) is 30.6 Å². The molecule has 1 atom stereocenters. The second-order valence-electron chi connectivity index (χ2n) is 6.11. The van der Waals surface area contributed by atoms with Crippen molar-refractivity contribution in [3.05, 3.63) is 23.8 Å². The lowest BCUT2D eigenvalue weighted by Gasteiger charge is -2.39. The number of carbonyl (C=O) groups excluding carboxylic acids is 1. The molecule has 2 aliphatic rings. The van der Waals surface area contributed by atoms with Gasteiger partial charge in [-0.3, -0.25) is 4.90 Å². The lowest BCUT2D eigenvalue weighted by atomic mass is 10.1. The average Bonchev–Trinajstić information content (AvgIpc) is 3.03. The van der Waals surface area contributed by atoms with E-state index in [9.17, 15) is 4.79 Å². The van der Waals surface area contributed by atoms with E-state index in [-0.39, 0.29) is 5.97 Å². The maximum atomic E-state index is 12.1. The number of hydrogen-bond acceptors (Lipinski definition) is 5. The SMILES string of the molecule is CCOC(=O)c1ccc(N2CCN3CCC[C@H]3C2)cc1OCC. The lowest BCUT2D eigenvalue weighted by molar-refractivity contribution is 0.0522. The van der Waals surface area contributed by atoms with E-state index in [1.54, 1.807) is 0 Å². The molecule has 3 rings (SSSR count). The van der Waals surface area contributed by atoms with Crippen molar-refractivity contribution in [1.29, 1.82) is 0 Å². The van der Waals surface area contributed by atoms with Gasteiger partial charge in [0.05, 0.1) is 13.2 Å². The standard InChI is InChI=1S/C18H26N2O3/c1-3-22-17-12-14(7-8-16(17)18(21)23-4-2)20-11-10-19-9-5-6-15(19)13-20/h7-8,12,15H,3-6,9-11,13H2,1-2H3/t15-/m0/s1. The summed E-state index contributed by atoms with van der Waals surface area (Å²) < 4.78 is 10.8. The highest BCUT2D eigenvalue weighted by atomic mass is 16.5. The summed E-state index contributed by atoms with van der Waals surface area (Å²) in [4.78, 5) is 17.1. The summed E-state index contributed by atoms with van der Waals surface area (Å²) in [6.07, 6.45) is 2.60. The van der Waals surface area contributed by atoms with Gasteiger partial charge >= 0.3 is 5.97 Å². The molecule has 0 amide bonds. The molecule has 0 radical (unpaired) electrons. The molecular weight excluding hydrogens is 292 g/mol. The normalized spacial score (nSPS) is 21.1. The molecule has 0 spiro atoms. The van der Waals surface area contributed by atoms with Gasteiger partial charge in [-0.05, 0) is 45.4 Å². The smallest absolute Gasteiger partial charge is 0.341 e. The van der Waals surface area contributed by atoms with Crippen LogP contribution in [0.2, 0.25) is 0 Å². The Kier molecular flexibility index (Phi) is 5.06. The highest BCUT2D eigenvalue weighted by molar-refractivity contribution is 5.93. The van der Waals surface area contributed by atoms with Crippen LogP contribution >= 0.6 is 0 Å². The van der Waals surface area contributed by atoms with Crippen LogP contribution in [0.3, 0.4) is 0 Å². The second-order valence-corrected chi connectivity index (χ2v) is 6.11. The van der Waals surface area contributed by atoms with Crippen molar-refractivity contribution in [2.75, 3.05) is 44.3 Å². The molecule has 0 unspecified atom stereocenters. The number of fused-ring (bicyclic) bond motifs is 1. The Morgan fingerprint density at radius 1 is 1.22 bits per heavy atom. The molecule has 2 heterocycles. The summed E-state index contributed by atoms with van der Waals surface area (Å²) in [5.74, 6) is 0.306. The highest BCUT2D eigenvalue weighted by Gasteiger charge is 2.31. The zero-order valence-electron chi connectivity index (χ0n) is 14.1. The minimum Gasteiger partial charge on any atom is -0.493 e. The van der Waals surface area contributed by atoms with Crippen LogP contribution in [0.4, 0.5) is 5.69 Å². The van der Waals surface area contributed by atoms with Gasteiger partial charge in [-0.2, -0.15) is 0 Å². The topological polar surface area (TPSA) is 42.0 Å². The molecule has 0 aromatic heterocycles. The van der Waals surface area contributed by atoms with Crippen molar-refractivity contribution in [3.8, 4) is 5.75 Å². The zero-order valence-corrected chi connectivity index (χ0v) is 14.1. The predicted molar refractivity (Wildman–Crippen MR) is 90.4 cm³/mol. The second kappa shape index (κ2) is 7.21. The molecule has 0 bridgehead atoms. The molecule has 2 fully saturated rings. The number of hydrogen-bond donors (Lipinski definition) is 0. The molecule has 0 N–H and O–H groups in total. The first-order valence-corrected chi connectivity index (χ1v) is 8.66. The van der Waals surface area contributed by atoms with Crippen molar-refractivity contribution in [3.63, 3.8) is 0 Å². The average molecular weight is 318 g/mol. The number of rotatable bonds is 5. The fourth-order valence-corrected chi connectivity index (χ4v) is 3.59. The third kappa shape index (κ3) is 3.44. The number of anilines is 1. The monoisotopic (exact) mass is 318 g/mol. The van der Waals surface area contributed by atoms with Crippen molar-refractivity contribution >= 4 is 11.7 Å². The summed E-state index contributed by atoms with van der Waals surface area (Å²) in [7, 11) is 0. The van der Waals surface area contributed by atoms with Gasteiger partial charge in [0.1, 0.15) is 11.3 Å². The van der Waals surface area contributed by atoms with Gasteiger partial charge < -0.3 is 14.4 Å². The van der Waals surface area contributed by atoms with Crippen LogP contribution in [0.15, 0.2) is 18.2 Å². The molecule has 2 saturated heterocycles. The van der Waals surface area contributed by atoms with Crippen LogP contribution in [0.5, 0.6) is 5.75 Å². The van der Waals surface area contributed by atoms with E-state index >= 15 is 0 Å². The number of piperazine rings is 1. The van der Waals surface area contributed by atoms with Gasteiger partial charge in [0, 0.05) is 37.4 Å². The number of carbonyl (C=O) groups is 1. The van der Waals surface area contributed by atoms with E-state index in [1.165, 1.54) is 19.4 Å². The van der Waals surface area contributed by atoms with E-state index < -0.39 is 0 Å². The Hall–Kier alpha value is -1.75. The van der Waals surface area contributed by atoms with Crippen molar-refractivity contribution in [1.82, 2.24) is 4.90 Å². The first kappa shape index (κ1) is 16.1. The van der Waals surface area contributed by atoms with Gasteiger partial charge in [-0.25, -0.2) is 4.79 Å². The Bertz CT molecular complexity index is 561. The molecule has 0 aliphatic carbocycles. The lowest BCUT2D eigenvalue weighted by Crippen LogP contribution is -2.50. The first-order valence-electron chi connectivity index (χ1n) is 8.66. The predicted octanol–water partition coefficient (Wildman–Crippen LogP) is 2.55. The molecular formula is C18H26N2O3. The van der Waals surface area contributed by atoms with Crippen LogP contribution in [0, 0.1) is 0 Å². The quantitative estimate of drug-likeness (QED) is 0.781. The number of benzene rings is 1. The van der Waals surface area contributed by atoms with E-state index in [4.69, 9.17) is 9.47 Å². The van der Waals surface area contributed by atoms with Crippen LogP contribution in [0.1, 0.15) is 37.0 Å². The van der Waals surface area contributed by atoms with Crippen molar-refractivity contribution in [2.24, 2.45) is 0 Å². The van der Waals surface area contributed by atoms with Crippen LogP contribution in [-0.2, 0) is 4.74 Å². The van der Waals surface area contributed by atoms with Crippen LogP contribution < -0.4 is 9.64 Å². The van der Waals surface area contributed by atoms with Gasteiger partial charge in [-0.15, -0.1) is 0 Å². The Morgan fingerprint density at radius 3 is 2.87 bits per heavy atom. The molecule has 1 aromatic rings. The third-order valence-electron chi connectivity index (χ3n) is 4.71. The summed E-state index contributed by atoms with van der Waals surface area (Å²) in [5.41, 5.74) is 1.64. The van der Waals surface area contributed by atoms with Crippen molar-refractivity contribution in [2.45, 2.75) is 32.7 Å². The molecule has 0 saturated carbocycles. The first-order chi connectivity index (χ1) is 11.2. The maximum Gasteiger partial charge on any atom is 0.341 e. The maximum absolute atomic E-state index is 12.1. The molecule has 5 nitrogen and oxygen atoms in total. The fourth-order valence-electron chi connectivity index (χ4n) is 3.59. The molecule has 23 heavy (non-hydrogen) atoms. The molecule has 5 heteroatoms. The van der Waals surface area contributed by atoms with Gasteiger partial charge in [0.2, 0.25) is 0 Å². The summed E-state index contributed by atoms with van der Waals surface area (Å²) >= 11 is 0. The summed E-state index contributed by atoms with van der Waals surface area (Å²) in [5, 5.41) is 0. The number of ether oxygens (including phenoxy) is 2. The third-order valence-corrected chi connectivity index (χ3v) is 4.71. The van der Waals surface area contributed by atoms with E-state index in [2.05, 4.69) is 9.80 Å². The van der Waals surface area contributed by atoms with Gasteiger partial charge in [-0.1, -0.05) is 0 Å². The van der Waals surface area contributed by atoms with Gasteiger partial charge in [0.15, 0.2) is 0 Å². The van der Waals surface area contributed by atoms with E-state index in [1.807, 2.05) is 32.0 Å². The minimum absolute atomic E-state index is 0.317. The zero-order chi connectivity index (χ0) is 16.2. The molecule has 1 aromatic carbocycles. The largest absolute Gasteiger partial charge is 0.493 e. The number of esters is 1. The van der Waals surface area contributed by atoms with Gasteiger partial charge in [0.25, 0.3) is 0 Å². The summed E-state index contributed by atoms with van der Waals surface area (Å²) in [6.45, 7) is 9.10. The molecule has 126 valence electrons. The fraction of sp³-hybridized carbons (Fsp3) is 0.611. The van der Waals surface area contributed by atoms with E-state index in [0.717, 1.165) is 25.3 Å². The molecule has 2 aliphatic heterocycles. The summed E-state index contributed by atoms with van der Waals surface area (Å²) in [6, 6.07) is 6.50. The highest BCUT2D eigenvalue weighted by Crippen LogP contribution is 2.30. The van der Waals surface area contributed by atoms with Crippen LogP contribution in [0.25, 0.3) is 0 Å². The van der Waals surface area contributed by atoms with Crippen LogP contribution in [-0.4, -0.2) is 56.3 Å².